The molecule has 0 atom stereocenters. The fourth-order valence-electron chi connectivity index (χ4n) is 2.18. The number of nitrogens with zero attached hydrogens (tertiary/aromatic N) is 5. The van der Waals surface area contributed by atoms with Crippen LogP contribution in [0.25, 0.3) is 11.2 Å². The Morgan fingerprint density at radius 2 is 2.15 bits per heavy atom. The molecule has 0 aliphatic rings. The van der Waals surface area contributed by atoms with Crippen LogP contribution in [0.2, 0.25) is 0 Å². The molecule has 2 heterocycles. The second-order valence-electron chi connectivity index (χ2n) is 4.65. The molecule has 7 nitrogen and oxygen atoms in total. The predicted octanol–water partition coefficient (Wildman–Crippen LogP) is 0.767. The molecule has 2 aromatic rings. The Labute approximate surface area is 118 Å². The highest BCUT2D eigenvalue weighted by atomic mass is 16.5. The highest BCUT2D eigenvalue weighted by Gasteiger charge is 2.08. The monoisotopic (exact) mass is 278 g/mol. The van der Waals surface area contributed by atoms with Crippen LogP contribution in [0.5, 0.6) is 0 Å². The first-order valence-electron chi connectivity index (χ1n) is 6.88. The van der Waals surface area contributed by atoms with Crippen LogP contribution in [0, 0.1) is 0 Å². The van der Waals surface area contributed by atoms with Crippen LogP contribution in [-0.4, -0.2) is 57.8 Å². The van der Waals surface area contributed by atoms with E-state index in [1.165, 1.54) is 6.33 Å². The van der Waals surface area contributed by atoms with Crippen LogP contribution in [0.4, 0.5) is 5.82 Å². The van der Waals surface area contributed by atoms with Gasteiger partial charge in [0.2, 0.25) is 0 Å². The minimum Gasteiger partial charge on any atom is -0.383 e. The van der Waals surface area contributed by atoms with Crippen LogP contribution in [-0.2, 0) is 11.3 Å². The third kappa shape index (κ3) is 3.43. The van der Waals surface area contributed by atoms with Crippen molar-refractivity contribution in [1.82, 2.24) is 24.4 Å². The molecule has 0 fully saturated rings. The van der Waals surface area contributed by atoms with Gasteiger partial charge in [-0.2, -0.15) is 0 Å². The number of anilines is 1. The molecule has 0 spiro atoms. The number of nitrogens with two attached hydrogens (primary N) is 1. The van der Waals surface area contributed by atoms with Gasteiger partial charge in [0.25, 0.3) is 0 Å². The van der Waals surface area contributed by atoms with Crippen LogP contribution < -0.4 is 5.73 Å². The van der Waals surface area contributed by atoms with E-state index < -0.39 is 0 Å². The molecular formula is C13H22N6O. The highest BCUT2D eigenvalue weighted by molar-refractivity contribution is 5.80. The normalized spacial score (nSPS) is 11.6. The Balaban J connectivity index is 1.91. The maximum absolute atomic E-state index is 5.77. The summed E-state index contributed by atoms with van der Waals surface area (Å²) in [6, 6.07) is 0. The Hall–Kier alpha value is -1.73. The van der Waals surface area contributed by atoms with Crippen LogP contribution in [0.3, 0.4) is 0 Å². The highest BCUT2D eigenvalue weighted by Crippen LogP contribution is 2.14. The number of methoxy groups -OCH3 is 1. The van der Waals surface area contributed by atoms with Gasteiger partial charge in [-0.1, -0.05) is 6.92 Å². The summed E-state index contributed by atoms with van der Waals surface area (Å²) < 4.78 is 7.13. The maximum atomic E-state index is 5.77. The Morgan fingerprint density at radius 1 is 1.30 bits per heavy atom. The molecular weight excluding hydrogens is 256 g/mol. The molecule has 2 N–H and O–H groups in total. The molecule has 0 amide bonds. The molecule has 0 aliphatic carbocycles. The Bertz CT molecular complexity index is 541. The molecule has 0 aromatic carbocycles. The lowest BCUT2D eigenvalue weighted by molar-refractivity contribution is 0.149. The molecule has 0 saturated heterocycles. The third-order valence-corrected chi connectivity index (χ3v) is 3.36. The van der Waals surface area contributed by atoms with E-state index in [9.17, 15) is 0 Å². The SMILES string of the molecule is CCN(CCCn1cnc2c(N)ncnc21)CCOC. The largest absolute Gasteiger partial charge is 0.383 e. The zero-order valence-corrected chi connectivity index (χ0v) is 12.1. The van der Waals surface area contributed by atoms with Crippen molar-refractivity contribution in [1.29, 1.82) is 0 Å². The Morgan fingerprint density at radius 3 is 2.90 bits per heavy atom. The molecule has 0 unspecified atom stereocenters. The molecule has 0 radical (unpaired) electrons. The first-order chi connectivity index (χ1) is 9.76. The zero-order chi connectivity index (χ0) is 14.4. The van der Waals surface area contributed by atoms with E-state index in [0.29, 0.717) is 11.3 Å². The second kappa shape index (κ2) is 7.16. The van der Waals surface area contributed by atoms with Crippen molar-refractivity contribution >= 4 is 17.0 Å². The number of likely N-dealkylation sites (N-methyl/N-ethyl adjacent to an activating group) is 1. The number of ether oxygens (including phenoxy) is 1. The van der Waals surface area contributed by atoms with Gasteiger partial charge < -0.3 is 19.9 Å². The fourth-order valence-corrected chi connectivity index (χ4v) is 2.18. The molecule has 0 aliphatic heterocycles. The molecule has 110 valence electrons. The number of fused-ring (bicyclic) bond motifs is 1. The number of aromatic nitrogens is 4. The van der Waals surface area contributed by atoms with Gasteiger partial charge in [-0.15, -0.1) is 0 Å². The summed E-state index contributed by atoms with van der Waals surface area (Å²) in [6.45, 7) is 6.83. The smallest absolute Gasteiger partial charge is 0.165 e. The summed E-state index contributed by atoms with van der Waals surface area (Å²) in [6.07, 6.45) is 4.29. The van der Waals surface area contributed by atoms with Crippen molar-refractivity contribution in [3.8, 4) is 0 Å². The van der Waals surface area contributed by atoms with Crippen molar-refractivity contribution < 1.29 is 4.74 Å². The van der Waals surface area contributed by atoms with E-state index in [2.05, 4.69) is 26.8 Å². The number of nitrogen functional groups attached to an aromatic ring is 1. The fraction of sp³-hybridized carbons (Fsp3) is 0.615. The third-order valence-electron chi connectivity index (χ3n) is 3.36. The van der Waals surface area contributed by atoms with Gasteiger partial charge >= 0.3 is 0 Å². The number of hydrogen-bond donors (Lipinski definition) is 1. The topological polar surface area (TPSA) is 82.1 Å². The van der Waals surface area contributed by atoms with Gasteiger partial charge in [-0.3, -0.25) is 0 Å². The lowest BCUT2D eigenvalue weighted by Crippen LogP contribution is -2.28. The average Bonchev–Trinajstić information content (AvgIpc) is 2.87. The van der Waals surface area contributed by atoms with Crippen LogP contribution in [0.1, 0.15) is 13.3 Å². The number of rotatable bonds is 8. The van der Waals surface area contributed by atoms with E-state index in [1.807, 2.05) is 4.57 Å². The van der Waals surface area contributed by atoms with Crippen molar-refractivity contribution in [2.24, 2.45) is 0 Å². The summed E-state index contributed by atoms with van der Waals surface area (Å²) in [4.78, 5) is 14.8. The molecule has 0 bridgehead atoms. The van der Waals surface area contributed by atoms with Gasteiger partial charge in [0, 0.05) is 20.2 Å². The maximum Gasteiger partial charge on any atom is 0.165 e. The first-order valence-corrected chi connectivity index (χ1v) is 6.88. The van der Waals surface area contributed by atoms with Crippen molar-refractivity contribution in [3.63, 3.8) is 0 Å². The number of hydrogen-bond acceptors (Lipinski definition) is 6. The summed E-state index contributed by atoms with van der Waals surface area (Å²) in [5.41, 5.74) is 7.26. The van der Waals surface area contributed by atoms with Gasteiger partial charge in [0.1, 0.15) is 11.8 Å². The van der Waals surface area contributed by atoms with E-state index in [4.69, 9.17) is 10.5 Å². The summed E-state index contributed by atoms with van der Waals surface area (Å²) in [5, 5.41) is 0. The minimum atomic E-state index is 0.434. The first kappa shape index (κ1) is 14.7. The average molecular weight is 278 g/mol. The van der Waals surface area contributed by atoms with Gasteiger partial charge in [-0.05, 0) is 19.5 Å². The van der Waals surface area contributed by atoms with E-state index in [-0.39, 0.29) is 0 Å². The van der Waals surface area contributed by atoms with Crippen LogP contribution >= 0.6 is 0 Å². The summed E-state index contributed by atoms with van der Waals surface area (Å²) >= 11 is 0. The van der Waals surface area contributed by atoms with Crippen LogP contribution in [0.15, 0.2) is 12.7 Å². The van der Waals surface area contributed by atoms with Gasteiger partial charge in [0.05, 0.1) is 12.9 Å². The van der Waals surface area contributed by atoms with E-state index >= 15 is 0 Å². The molecule has 20 heavy (non-hydrogen) atoms. The van der Waals surface area contributed by atoms with Gasteiger partial charge in [-0.25, -0.2) is 15.0 Å². The lowest BCUT2D eigenvalue weighted by atomic mass is 10.3. The van der Waals surface area contributed by atoms with E-state index in [1.54, 1.807) is 13.4 Å². The molecule has 7 heteroatoms. The zero-order valence-electron chi connectivity index (χ0n) is 12.1. The number of imidazole rings is 1. The second-order valence-corrected chi connectivity index (χ2v) is 4.65. The Kier molecular flexibility index (Phi) is 5.25. The molecule has 2 rings (SSSR count). The van der Waals surface area contributed by atoms with Crippen molar-refractivity contribution in [2.45, 2.75) is 19.9 Å². The standard InChI is InChI=1S/C13H22N6O/c1-3-18(7-8-20-2)5-4-6-19-10-17-11-12(14)15-9-16-13(11)19/h9-10H,3-8H2,1-2H3,(H2,14,15,16). The van der Waals surface area contributed by atoms with Crippen molar-refractivity contribution in [2.75, 3.05) is 39.1 Å². The minimum absolute atomic E-state index is 0.434. The van der Waals surface area contributed by atoms with Crippen molar-refractivity contribution in [3.05, 3.63) is 12.7 Å². The van der Waals surface area contributed by atoms with E-state index in [0.717, 1.165) is 44.9 Å². The predicted molar refractivity (Wildman–Crippen MR) is 78.3 cm³/mol. The van der Waals surface area contributed by atoms with Gasteiger partial charge in [0.15, 0.2) is 11.5 Å². The number of aryl methyl sites for hydroxylation is 1. The molecule has 0 saturated carbocycles. The summed E-state index contributed by atoms with van der Waals surface area (Å²) in [5.74, 6) is 0.434. The quantitative estimate of drug-likeness (QED) is 0.768. The molecule has 2 aromatic heterocycles. The lowest BCUT2D eigenvalue weighted by Gasteiger charge is -2.19. The summed E-state index contributed by atoms with van der Waals surface area (Å²) in [7, 11) is 1.73.